The third-order valence-corrected chi connectivity index (χ3v) is 5.49. The van der Waals surface area contributed by atoms with Gasteiger partial charge in [-0.1, -0.05) is 29.4 Å². The van der Waals surface area contributed by atoms with Crippen LogP contribution in [0.25, 0.3) is 11.4 Å². The number of nitrogens with zero attached hydrogens (tertiary/aromatic N) is 3. The van der Waals surface area contributed by atoms with Gasteiger partial charge in [0, 0.05) is 18.5 Å². The smallest absolute Gasteiger partial charge is 0.416 e. The topological polar surface area (TPSA) is 68.5 Å². The van der Waals surface area contributed by atoms with Crippen LogP contribution < -0.4 is 4.74 Å². The fraction of sp³-hybridized carbons (Fsp3) is 0.318. The third-order valence-electron chi connectivity index (χ3n) is 5.49. The highest BCUT2D eigenvalue weighted by Gasteiger charge is 2.37. The summed E-state index contributed by atoms with van der Waals surface area (Å²) in [7, 11) is 1.59. The number of carbonyl (C=O) groups excluding carboxylic acids is 1. The summed E-state index contributed by atoms with van der Waals surface area (Å²) in [4.78, 5) is 18.7. The molecule has 9 heteroatoms. The van der Waals surface area contributed by atoms with E-state index in [1.165, 1.54) is 12.1 Å². The molecule has 162 valence electrons. The second kappa shape index (κ2) is 8.05. The Kier molecular flexibility index (Phi) is 5.43. The Hall–Kier alpha value is -3.36. The van der Waals surface area contributed by atoms with Gasteiger partial charge in [0.25, 0.3) is 0 Å². The monoisotopic (exact) mass is 431 g/mol. The van der Waals surface area contributed by atoms with E-state index in [-0.39, 0.29) is 30.1 Å². The number of hydrogen-bond acceptors (Lipinski definition) is 5. The molecule has 3 aromatic rings. The van der Waals surface area contributed by atoms with Gasteiger partial charge in [0.05, 0.1) is 24.6 Å². The molecule has 31 heavy (non-hydrogen) atoms. The average molecular weight is 431 g/mol. The van der Waals surface area contributed by atoms with Gasteiger partial charge in [0.2, 0.25) is 17.6 Å². The van der Waals surface area contributed by atoms with Crippen LogP contribution in [0.1, 0.15) is 42.3 Å². The van der Waals surface area contributed by atoms with E-state index in [4.69, 9.17) is 9.26 Å². The first-order valence-electron chi connectivity index (χ1n) is 9.71. The highest BCUT2D eigenvalue weighted by molar-refractivity contribution is 5.80. The second-order valence-electron chi connectivity index (χ2n) is 7.43. The van der Waals surface area contributed by atoms with Gasteiger partial charge in [-0.2, -0.15) is 18.2 Å². The van der Waals surface area contributed by atoms with Crippen molar-refractivity contribution in [3.63, 3.8) is 0 Å². The molecule has 0 saturated carbocycles. The normalized spacial score (nSPS) is 17.8. The van der Waals surface area contributed by atoms with E-state index in [9.17, 15) is 18.0 Å². The van der Waals surface area contributed by atoms with Crippen molar-refractivity contribution < 1.29 is 27.2 Å². The Balaban J connectivity index is 1.47. The van der Waals surface area contributed by atoms with Crippen LogP contribution >= 0.6 is 0 Å². The van der Waals surface area contributed by atoms with E-state index in [0.29, 0.717) is 18.0 Å². The predicted molar refractivity (Wildman–Crippen MR) is 105 cm³/mol. The van der Waals surface area contributed by atoms with Crippen LogP contribution in [-0.4, -0.2) is 34.6 Å². The number of likely N-dealkylation sites (tertiary alicyclic amines) is 1. The van der Waals surface area contributed by atoms with Crippen LogP contribution in [0.3, 0.4) is 0 Å². The molecule has 2 heterocycles. The summed E-state index contributed by atoms with van der Waals surface area (Å²) in [5.74, 6) is 0.931. The lowest BCUT2D eigenvalue weighted by molar-refractivity contribution is -0.137. The van der Waals surface area contributed by atoms with E-state index in [2.05, 4.69) is 10.1 Å². The van der Waals surface area contributed by atoms with Crippen molar-refractivity contribution in [2.45, 2.75) is 31.5 Å². The first-order chi connectivity index (χ1) is 14.8. The lowest BCUT2D eigenvalue weighted by atomic mass is 10.1. The fourth-order valence-electron chi connectivity index (χ4n) is 3.66. The molecule has 4 rings (SSSR count). The zero-order chi connectivity index (χ0) is 22.2. The Bertz CT molecular complexity index is 1060. The number of aromatic nitrogens is 2. The van der Waals surface area contributed by atoms with Crippen molar-refractivity contribution in [3.8, 4) is 17.1 Å². The zero-order valence-corrected chi connectivity index (χ0v) is 16.9. The Labute approximate surface area is 176 Å². The van der Waals surface area contributed by atoms with Gasteiger partial charge < -0.3 is 14.2 Å². The van der Waals surface area contributed by atoms with Crippen molar-refractivity contribution in [2.24, 2.45) is 0 Å². The van der Waals surface area contributed by atoms with Gasteiger partial charge in [0.1, 0.15) is 5.75 Å². The van der Waals surface area contributed by atoms with Gasteiger partial charge in [-0.05, 0) is 36.8 Å². The molecule has 1 aliphatic heterocycles. The largest absolute Gasteiger partial charge is 0.497 e. The van der Waals surface area contributed by atoms with E-state index in [1.807, 2.05) is 31.2 Å². The number of benzene rings is 2. The standard InChI is InChI=1S/C22H20F3N3O3/c1-13(14-5-9-18(30-2)10-6-14)28-12-16(11-19(28)29)21-26-20(27-31-21)15-3-7-17(8-4-15)22(23,24)25/h3-10,13,16H,11-12H2,1-2H3. The highest BCUT2D eigenvalue weighted by Crippen LogP contribution is 2.35. The number of ether oxygens (including phenoxy) is 1. The number of carbonyl (C=O) groups is 1. The van der Waals surface area contributed by atoms with E-state index in [0.717, 1.165) is 23.4 Å². The fourth-order valence-corrected chi connectivity index (χ4v) is 3.66. The molecule has 1 aromatic heterocycles. The number of halogens is 3. The zero-order valence-electron chi connectivity index (χ0n) is 16.9. The molecule has 2 unspecified atom stereocenters. The van der Waals surface area contributed by atoms with Gasteiger partial charge in [-0.25, -0.2) is 0 Å². The quantitative estimate of drug-likeness (QED) is 0.578. The van der Waals surface area contributed by atoms with Crippen LogP contribution in [0, 0.1) is 0 Å². The molecule has 0 spiro atoms. The lowest BCUT2D eigenvalue weighted by Gasteiger charge is -2.25. The molecule has 0 N–H and O–H groups in total. The second-order valence-corrected chi connectivity index (χ2v) is 7.43. The minimum Gasteiger partial charge on any atom is -0.497 e. The minimum atomic E-state index is -4.41. The molecular weight excluding hydrogens is 411 g/mol. The summed E-state index contributed by atoms with van der Waals surface area (Å²) in [6, 6.07) is 11.9. The predicted octanol–water partition coefficient (Wildman–Crippen LogP) is 4.84. The summed E-state index contributed by atoms with van der Waals surface area (Å²) in [5.41, 5.74) is 0.645. The summed E-state index contributed by atoms with van der Waals surface area (Å²) in [5, 5.41) is 3.88. The Morgan fingerprint density at radius 1 is 1.13 bits per heavy atom. The molecular formula is C22H20F3N3O3. The SMILES string of the molecule is COc1ccc(C(C)N2CC(c3nc(-c4ccc(C(F)(F)F)cc4)no3)CC2=O)cc1. The van der Waals surface area contributed by atoms with E-state index >= 15 is 0 Å². The van der Waals surface area contributed by atoms with Crippen molar-refractivity contribution in [1.29, 1.82) is 0 Å². The molecule has 1 aliphatic rings. The van der Waals surface area contributed by atoms with E-state index in [1.54, 1.807) is 12.0 Å². The third kappa shape index (κ3) is 4.26. The van der Waals surface area contributed by atoms with Crippen LogP contribution in [0.2, 0.25) is 0 Å². The van der Waals surface area contributed by atoms with E-state index < -0.39 is 11.7 Å². The summed E-state index contributed by atoms with van der Waals surface area (Å²) < 4.78 is 48.7. The summed E-state index contributed by atoms with van der Waals surface area (Å²) in [6.07, 6.45) is -4.18. The first-order valence-corrected chi connectivity index (χ1v) is 9.71. The number of rotatable bonds is 5. The van der Waals surface area contributed by atoms with Crippen molar-refractivity contribution in [2.75, 3.05) is 13.7 Å². The van der Waals surface area contributed by atoms with Crippen LogP contribution in [0.4, 0.5) is 13.2 Å². The van der Waals surface area contributed by atoms with Crippen molar-refractivity contribution in [1.82, 2.24) is 15.0 Å². The maximum absolute atomic E-state index is 12.7. The van der Waals surface area contributed by atoms with Gasteiger partial charge >= 0.3 is 6.18 Å². The summed E-state index contributed by atoms with van der Waals surface area (Å²) >= 11 is 0. The summed E-state index contributed by atoms with van der Waals surface area (Å²) in [6.45, 7) is 2.37. The van der Waals surface area contributed by atoms with Gasteiger partial charge in [0.15, 0.2) is 0 Å². The van der Waals surface area contributed by atoms with Crippen LogP contribution in [0.15, 0.2) is 53.1 Å². The Morgan fingerprint density at radius 3 is 2.42 bits per heavy atom. The molecule has 0 radical (unpaired) electrons. The average Bonchev–Trinajstić information content (AvgIpc) is 3.40. The maximum atomic E-state index is 12.7. The number of methoxy groups -OCH3 is 1. The molecule has 1 amide bonds. The van der Waals surface area contributed by atoms with Gasteiger partial charge in [-0.15, -0.1) is 0 Å². The van der Waals surface area contributed by atoms with Crippen molar-refractivity contribution >= 4 is 5.91 Å². The number of amides is 1. The molecule has 1 saturated heterocycles. The molecule has 2 atom stereocenters. The number of hydrogen-bond donors (Lipinski definition) is 0. The van der Waals surface area contributed by atoms with Crippen molar-refractivity contribution in [3.05, 3.63) is 65.5 Å². The molecule has 2 aromatic carbocycles. The van der Waals surface area contributed by atoms with Crippen LogP contribution in [-0.2, 0) is 11.0 Å². The maximum Gasteiger partial charge on any atom is 0.416 e. The number of alkyl halides is 3. The van der Waals surface area contributed by atoms with Crippen LogP contribution in [0.5, 0.6) is 5.75 Å². The molecule has 1 fully saturated rings. The highest BCUT2D eigenvalue weighted by atomic mass is 19.4. The molecule has 0 aliphatic carbocycles. The Morgan fingerprint density at radius 2 is 1.81 bits per heavy atom. The lowest BCUT2D eigenvalue weighted by Crippen LogP contribution is -2.28. The molecule has 0 bridgehead atoms. The minimum absolute atomic E-state index is 0.0254. The van der Waals surface area contributed by atoms with Gasteiger partial charge in [-0.3, -0.25) is 4.79 Å². The first kappa shape index (κ1) is 20.9. The molecule has 6 nitrogen and oxygen atoms in total.